The maximum absolute atomic E-state index is 5.47. The fraction of sp³-hybridized carbons (Fsp3) is 0. The van der Waals surface area contributed by atoms with E-state index in [-0.39, 0.29) is 0 Å². The summed E-state index contributed by atoms with van der Waals surface area (Å²) in [6.07, 6.45) is 1.96. The SMILES string of the molecule is c1ccc2ncc(-c3ccc(-c4cc(-c5cccc6ccccc56)c5cc(-c6cccc7ccccc67)c6ccccc6c5n4)cc3)cc2c1. The zero-order valence-corrected chi connectivity index (χ0v) is 27.2. The minimum absolute atomic E-state index is 0.951. The fourth-order valence-electron chi connectivity index (χ4n) is 7.63. The van der Waals surface area contributed by atoms with Crippen LogP contribution < -0.4 is 0 Å². The molecule has 0 N–H and O–H groups in total. The van der Waals surface area contributed by atoms with Gasteiger partial charge in [0.25, 0.3) is 0 Å². The molecule has 0 atom stereocenters. The summed E-state index contributed by atoms with van der Waals surface area (Å²) in [5.41, 5.74) is 11.1. The van der Waals surface area contributed by atoms with E-state index in [4.69, 9.17) is 9.97 Å². The highest BCUT2D eigenvalue weighted by atomic mass is 14.7. The van der Waals surface area contributed by atoms with E-state index in [1.807, 2.05) is 12.3 Å². The first-order valence-electron chi connectivity index (χ1n) is 17.1. The van der Waals surface area contributed by atoms with E-state index in [1.54, 1.807) is 0 Å². The summed E-state index contributed by atoms with van der Waals surface area (Å²) in [4.78, 5) is 10.2. The van der Waals surface area contributed by atoms with Gasteiger partial charge in [-0.3, -0.25) is 4.98 Å². The molecule has 2 heteroatoms. The molecule has 0 saturated carbocycles. The van der Waals surface area contributed by atoms with E-state index in [1.165, 1.54) is 49.2 Å². The second kappa shape index (κ2) is 11.5. The summed E-state index contributed by atoms with van der Waals surface area (Å²) < 4.78 is 0. The number of para-hydroxylation sites is 1. The summed E-state index contributed by atoms with van der Waals surface area (Å²) in [7, 11) is 0. The molecular formula is C48H30N2. The molecule has 0 aliphatic carbocycles. The summed E-state index contributed by atoms with van der Waals surface area (Å²) >= 11 is 0. The van der Waals surface area contributed by atoms with Gasteiger partial charge in [-0.25, -0.2) is 4.98 Å². The molecule has 0 spiro atoms. The highest BCUT2D eigenvalue weighted by Crippen LogP contribution is 2.43. The molecule has 10 aromatic rings. The van der Waals surface area contributed by atoms with E-state index >= 15 is 0 Å². The molecule has 0 radical (unpaired) electrons. The molecule has 0 aliphatic heterocycles. The Hall–Kier alpha value is -6.64. The smallest absolute Gasteiger partial charge is 0.0794 e. The third-order valence-electron chi connectivity index (χ3n) is 10.1. The van der Waals surface area contributed by atoms with E-state index in [0.29, 0.717) is 0 Å². The quantitative estimate of drug-likeness (QED) is 0.180. The Kier molecular flexibility index (Phi) is 6.53. The Morgan fingerprint density at radius 3 is 1.56 bits per heavy atom. The van der Waals surface area contributed by atoms with Crippen LogP contribution in [0.3, 0.4) is 0 Å². The number of hydrogen-bond donors (Lipinski definition) is 0. The van der Waals surface area contributed by atoms with Crippen LogP contribution in [0.1, 0.15) is 0 Å². The predicted molar refractivity (Wildman–Crippen MR) is 211 cm³/mol. The molecule has 8 aromatic carbocycles. The van der Waals surface area contributed by atoms with Crippen LogP contribution in [-0.4, -0.2) is 9.97 Å². The van der Waals surface area contributed by atoms with E-state index in [0.717, 1.165) is 49.6 Å². The Bertz CT molecular complexity index is 2910. The van der Waals surface area contributed by atoms with Gasteiger partial charge in [0.05, 0.1) is 16.7 Å². The van der Waals surface area contributed by atoms with E-state index in [2.05, 4.69) is 170 Å². The number of benzene rings is 8. The maximum Gasteiger partial charge on any atom is 0.0794 e. The van der Waals surface area contributed by atoms with Gasteiger partial charge < -0.3 is 0 Å². The number of aromatic nitrogens is 2. The number of fused-ring (bicyclic) bond motifs is 6. The van der Waals surface area contributed by atoms with Crippen molar-refractivity contribution in [2.45, 2.75) is 0 Å². The Labute approximate surface area is 290 Å². The van der Waals surface area contributed by atoms with Gasteiger partial charge in [-0.05, 0) is 79.0 Å². The molecule has 2 nitrogen and oxygen atoms in total. The van der Waals surface area contributed by atoms with Crippen molar-refractivity contribution in [3.05, 3.63) is 182 Å². The van der Waals surface area contributed by atoms with Gasteiger partial charge in [0.2, 0.25) is 0 Å². The molecule has 10 rings (SSSR count). The molecule has 50 heavy (non-hydrogen) atoms. The second-order valence-corrected chi connectivity index (χ2v) is 13.0. The minimum Gasteiger partial charge on any atom is -0.256 e. The largest absolute Gasteiger partial charge is 0.256 e. The Balaban J connectivity index is 1.23. The van der Waals surface area contributed by atoms with E-state index in [9.17, 15) is 0 Å². The summed E-state index contributed by atoms with van der Waals surface area (Å²) in [5.74, 6) is 0. The lowest BCUT2D eigenvalue weighted by Crippen LogP contribution is -1.94. The maximum atomic E-state index is 5.47. The Morgan fingerprint density at radius 2 is 0.860 bits per heavy atom. The summed E-state index contributed by atoms with van der Waals surface area (Å²) in [6, 6.07) is 63.2. The summed E-state index contributed by atoms with van der Waals surface area (Å²) in [6.45, 7) is 0. The van der Waals surface area contributed by atoms with Crippen molar-refractivity contribution >= 4 is 54.1 Å². The predicted octanol–water partition coefficient (Wildman–Crippen LogP) is 12.9. The lowest BCUT2D eigenvalue weighted by Gasteiger charge is -2.17. The number of pyridine rings is 2. The molecule has 2 aromatic heterocycles. The van der Waals surface area contributed by atoms with Crippen LogP contribution in [0.25, 0.3) is 98.8 Å². The number of nitrogens with zero attached hydrogens (tertiary/aromatic N) is 2. The van der Waals surface area contributed by atoms with Crippen molar-refractivity contribution < 1.29 is 0 Å². The van der Waals surface area contributed by atoms with Crippen molar-refractivity contribution in [1.29, 1.82) is 0 Å². The van der Waals surface area contributed by atoms with Crippen molar-refractivity contribution in [3.8, 4) is 44.6 Å². The first-order valence-corrected chi connectivity index (χ1v) is 17.1. The van der Waals surface area contributed by atoms with Crippen LogP contribution >= 0.6 is 0 Å². The van der Waals surface area contributed by atoms with Gasteiger partial charge in [-0.1, -0.05) is 152 Å². The average molecular weight is 635 g/mol. The third kappa shape index (κ3) is 4.65. The van der Waals surface area contributed by atoms with Crippen LogP contribution in [0, 0.1) is 0 Å². The summed E-state index contributed by atoms with van der Waals surface area (Å²) in [5, 5.41) is 9.56. The van der Waals surface area contributed by atoms with Crippen LogP contribution in [0.5, 0.6) is 0 Å². The highest BCUT2D eigenvalue weighted by Gasteiger charge is 2.18. The number of hydrogen-bond acceptors (Lipinski definition) is 2. The molecule has 0 amide bonds. The van der Waals surface area contributed by atoms with Gasteiger partial charge in [0.1, 0.15) is 0 Å². The molecule has 0 bridgehead atoms. The molecule has 0 unspecified atom stereocenters. The van der Waals surface area contributed by atoms with E-state index < -0.39 is 0 Å². The standard InChI is InChI=1S/C48H30N2/c1-4-16-37-32(11-1)14-9-20-39(37)43-28-45-44(40-21-10-15-33-12-2-5-17-38(33)40)29-47(50-48(45)42-19-7-6-18-41(42)43)34-25-23-31(24-26-34)36-27-35-13-3-8-22-46(35)49-30-36/h1-30H. The topological polar surface area (TPSA) is 25.8 Å². The highest BCUT2D eigenvalue weighted by molar-refractivity contribution is 6.19. The minimum atomic E-state index is 0.951. The van der Waals surface area contributed by atoms with Gasteiger partial charge in [-0.2, -0.15) is 0 Å². The lowest BCUT2D eigenvalue weighted by atomic mass is 9.88. The second-order valence-electron chi connectivity index (χ2n) is 13.0. The lowest BCUT2D eigenvalue weighted by molar-refractivity contribution is 1.40. The molecule has 0 aliphatic rings. The van der Waals surface area contributed by atoms with Crippen LogP contribution in [0.4, 0.5) is 0 Å². The first-order chi connectivity index (χ1) is 24.8. The molecule has 2 heterocycles. The first kappa shape index (κ1) is 28.4. The van der Waals surface area contributed by atoms with Crippen molar-refractivity contribution in [2.24, 2.45) is 0 Å². The average Bonchev–Trinajstić information content (AvgIpc) is 3.19. The van der Waals surface area contributed by atoms with Crippen LogP contribution in [0.2, 0.25) is 0 Å². The van der Waals surface area contributed by atoms with Crippen molar-refractivity contribution in [3.63, 3.8) is 0 Å². The molecule has 0 saturated heterocycles. The molecule has 0 fully saturated rings. The third-order valence-corrected chi connectivity index (χ3v) is 10.1. The van der Waals surface area contributed by atoms with Crippen LogP contribution in [-0.2, 0) is 0 Å². The van der Waals surface area contributed by atoms with Crippen LogP contribution in [0.15, 0.2) is 182 Å². The number of rotatable bonds is 4. The van der Waals surface area contributed by atoms with Gasteiger partial charge >= 0.3 is 0 Å². The zero-order valence-electron chi connectivity index (χ0n) is 27.2. The monoisotopic (exact) mass is 634 g/mol. The van der Waals surface area contributed by atoms with Crippen molar-refractivity contribution in [2.75, 3.05) is 0 Å². The van der Waals surface area contributed by atoms with Crippen molar-refractivity contribution in [1.82, 2.24) is 9.97 Å². The van der Waals surface area contributed by atoms with Gasteiger partial charge in [0.15, 0.2) is 0 Å². The fourth-order valence-corrected chi connectivity index (χ4v) is 7.63. The Morgan fingerprint density at radius 1 is 0.320 bits per heavy atom. The molecular weight excluding hydrogens is 605 g/mol. The van der Waals surface area contributed by atoms with Gasteiger partial charge in [0, 0.05) is 33.5 Å². The molecule has 232 valence electrons. The normalized spacial score (nSPS) is 11.6. The van der Waals surface area contributed by atoms with Gasteiger partial charge in [-0.15, -0.1) is 0 Å². The zero-order chi connectivity index (χ0) is 33.0.